The van der Waals surface area contributed by atoms with Gasteiger partial charge in [-0.05, 0) is 43.9 Å². The Morgan fingerprint density at radius 2 is 1.85 bits per heavy atom. The van der Waals surface area contributed by atoms with Gasteiger partial charge in [-0.3, -0.25) is 0 Å². The zero-order chi connectivity index (χ0) is 19.3. The van der Waals surface area contributed by atoms with Gasteiger partial charge in [-0.2, -0.15) is 0 Å². The van der Waals surface area contributed by atoms with Gasteiger partial charge in [0.15, 0.2) is 0 Å². The number of rotatable bonds is 3. The minimum atomic E-state index is -1.53. The Morgan fingerprint density at radius 3 is 2.59 bits per heavy atom. The van der Waals surface area contributed by atoms with E-state index >= 15 is 0 Å². The SMILES string of the molecule is Cc1c(O[C@H]2O[C@H](CO)[C@@H](O)[C@H](O)[C@H]2O)ccc2c3c(c(=O)oc12)CCC3. The third-order valence-corrected chi connectivity index (χ3v) is 5.43. The lowest BCUT2D eigenvalue weighted by Crippen LogP contribution is -2.60. The normalized spacial score (nSPS) is 30.5. The van der Waals surface area contributed by atoms with Crippen LogP contribution in [0.2, 0.25) is 0 Å². The zero-order valence-electron chi connectivity index (χ0n) is 14.8. The van der Waals surface area contributed by atoms with Gasteiger partial charge in [0.2, 0.25) is 6.29 Å². The first-order chi connectivity index (χ1) is 12.9. The lowest BCUT2D eigenvalue weighted by molar-refractivity contribution is -0.277. The van der Waals surface area contributed by atoms with Gasteiger partial charge in [0.25, 0.3) is 0 Å². The van der Waals surface area contributed by atoms with Crippen molar-refractivity contribution in [3.05, 3.63) is 39.2 Å². The highest BCUT2D eigenvalue weighted by Gasteiger charge is 2.44. The molecule has 146 valence electrons. The number of hydrogen-bond donors (Lipinski definition) is 4. The van der Waals surface area contributed by atoms with Crippen LogP contribution in [0.15, 0.2) is 21.3 Å². The van der Waals surface area contributed by atoms with Crippen molar-refractivity contribution in [2.45, 2.75) is 56.9 Å². The molecule has 1 saturated heterocycles. The summed E-state index contributed by atoms with van der Waals surface area (Å²) in [6, 6.07) is 3.49. The fraction of sp³-hybridized carbons (Fsp3) is 0.526. The van der Waals surface area contributed by atoms with E-state index in [1.165, 1.54) is 0 Å². The fourth-order valence-corrected chi connectivity index (χ4v) is 3.88. The molecule has 8 nitrogen and oxygen atoms in total. The van der Waals surface area contributed by atoms with Crippen LogP contribution >= 0.6 is 0 Å². The minimum absolute atomic E-state index is 0.313. The maximum Gasteiger partial charge on any atom is 0.339 e. The van der Waals surface area contributed by atoms with Crippen molar-refractivity contribution in [1.82, 2.24) is 0 Å². The number of aliphatic hydroxyl groups is 4. The van der Waals surface area contributed by atoms with Gasteiger partial charge in [-0.1, -0.05) is 0 Å². The molecule has 5 atom stereocenters. The fourth-order valence-electron chi connectivity index (χ4n) is 3.88. The highest BCUT2D eigenvalue weighted by Crippen LogP contribution is 2.34. The topological polar surface area (TPSA) is 130 Å². The summed E-state index contributed by atoms with van der Waals surface area (Å²) >= 11 is 0. The zero-order valence-corrected chi connectivity index (χ0v) is 14.8. The van der Waals surface area contributed by atoms with Crippen LogP contribution in [-0.4, -0.2) is 57.7 Å². The predicted molar refractivity (Wildman–Crippen MR) is 93.6 cm³/mol. The molecule has 0 spiro atoms. The van der Waals surface area contributed by atoms with E-state index in [0.717, 1.165) is 35.8 Å². The Hall–Kier alpha value is -1.97. The van der Waals surface area contributed by atoms with Gasteiger partial charge in [-0.15, -0.1) is 0 Å². The van der Waals surface area contributed by atoms with E-state index in [1.807, 2.05) is 0 Å². The van der Waals surface area contributed by atoms with Crippen LogP contribution in [0.5, 0.6) is 5.75 Å². The number of aryl methyl sites for hydroxylation is 2. The highest BCUT2D eigenvalue weighted by atomic mass is 16.7. The monoisotopic (exact) mass is 378 g/mol. The van der Waals surface area contributed by atoms with E-state index in [4.69, 9.17) is 13.9 Å². The molecule has 4 rings (SSSR count). The van der Waals surface area contributed by atoms with E-state index < -0.39 is 37.3 Å². The van der Waals surface area contributed by atoms with Crippen molar-refractivity contribution in [1.29, 1.82) is 0 Å². The maximum atomic E-state index is 12.2. The molecule has 1 aliphatic heterocycles. The summed E-state index contributed by atoms with van der Waals surface area (Å²) in [5.41, 5.74) is 2.37. The van der Waals surface area contributed by atoms with Crippen molar-refractivity contribution in [2.75, 3.05) is 6.61 Å². The van der Waals surface area contributed by atoms with Crippen LogP contribution in [0.25, 0.3) is 11.0 Å². The van der Waals surface area contributed by atoms with Crippen molar-refractivity contribution in [2.24, 2.45) is 0 Å². The van der Waals surface area contributed by atoms with Crippen LogP contribution < -0.4 is 10.4 Å². The van der Waals surface area contributed by atoms with Gasteiger partial charge >= 0.3 is 5.63 Å². The average molecular weight is 378 g/mol. The standard InChI is InChI=1S/C19H22O8/c1-8-12(25-19-16(23)15(22)14(21)13(7-20)26-19)6-5-10-9-3-2-4-11(9)18(24)27-17(8)10/h5-6,13-16,19-23H,2-4,7H2,1H3/t13-,14-,15+,16-,19+/m1/s1. The van der Waals surface area contributed by atoms with Crippen molar-refractivity contribution >= 4 is 11.0 Å². The number of benzene rings is 1. The first-order valence-corrected chi connectivity index (χ1v) is 8.97. The molecule has 27 heavy (non-hydrogen) atoms. The molecule has 2 aliphatic rings. The molecule has 8 heteroatoms. The number of fused-ring (bicyclic) bond motifs is 3. The van der Waals surface area contributed by atoms with Gasteiger partial charge < -0.3 is 34.3 Å². The molecule has 0 saturated carbocycles. The average Bonchev–Trinajstić information content (AvgIpc) is 3.15. The summed E-state index contributed by atoms with van der Waals surface area (Å²) in [5.74, 6) is 0.313. The third kappa shape index (κ3) is 2.94. The van der Waals surface area contributed by atoms with Gasteiger partial charge in [0.05, 0.1) is 6.61 Å². The maximum absolute atomic E-state index is 12.2. The molecule has 1 aromatic carbocycles. The minimum Gasteiger partial charge on any atom is -0.462 e. The summed E-state index contributed by atoms with van der Waals surface area (Å²) in [6.45, 7) is 1.19. The molecular weight excluding hydrogens is 356 g/mol. The van der Waals surface area contributed by atoms with Gasteiger partial charge in [0.1, 0.15) is 35.7 Å². The molecule has 1 aliphatic carbocycles. The second kappa shape index (κ2) is 6.88. The van der Waals surface area contributed by atoms with E-state index in [1.54, 1.807) is 19.1 Å². The third-order valence-electron chi connectivity index (χ3n) is 5.43. The Kier molecular flexibility index (Phi) is 4.69. The Morgan fingerprint density at radius 1 is 1.11 bits per heavy atom. The summed E-state index contributed by atoms with van der Waals surface area (Å²) in [4.78, 5) is 12.2. The van der Waals surface area contributed by atoms with Crippen molar-refractivity contribution in [3.63, 3.8) is 0 Å². The molecule has 1 aromatic heterocycles. The van der Waals surface area contributed by atoms with Crippen LogP contribution in [0.4, 0.5) is 0 Å². The second-order valence-electron chi connectivity index (χ2n) is 7.08. The second-order valence-corrected chi connectivity index (χ2v) is 7.08. The Labute approximate surface area is 154 Å². The number of aliphatic hydroxyl groups excluding tert-OH is 4. The molecule has 0 bridgehead atoms. The molecule has 1 fully saturated rings. The van der Waals surface area contributed by atoms with Crippen molar-refractivity contribution in [3.8, 4) is 5.75 Å². The van der Waals surface area contributed by atoms with Crippen molar-refractivity contribution < 1.29 is 34.3 Å². The summed E-state index contributed by atoms with van der Waals surface area (Å²) < 4.78 is 16.6. The molecule has 2 heterocycles. The smallest absolute Gasteiger partial charge is 0.339 e. The Bertz CT molecular complexity index is 918. The van der Waals surface area contributed by atoms with E-state index in [9.17, 15) is 25.2 Å². The number of ether oxygens (including phenoxy) is 2. The van der Waals surface area contributed by atoms with E-state index in [2.05, 4.69) is 0 Å². The van der Waals surface area contributed by atoms with E-state index in [-0.39, 0.29) is 5.63 Å². The first kappa shape index (κ1) is 18.4. The lowest BCUT2D eigenvalue weighted by Gasteiger charge is -2.39. The van der Waals surface area contributed by atoms with E-state index in [0.29, 0.717) is 16.9 Å². The molecule has 0 unspecified atom stereocenters. The van der Waals surface area contributed by atoms with Gasteiger partial charge in [0, 0.05) is 16.5 Å². The summed E-state index contributed by atoms with van der Waals surface area (Å²) in [6.07, 6.45) is -4.38. The molecular formula is C19H22O8. The molecule has 4 N–H and O–H groups in total. The van der Waals surface area contributed by atoms with Gasteiger partial charge in [-0.25, -0.2) is 4.79 Å². The molecule has 0 amide bonds. The van der Waals surface area contributed by atoms with Crippen LogP contribution in [0.3, 0.4) is 0 Å². The van der Waals surface area contributed by atoms with Crippen LogP contribution in [-0.2, 0) is 17.6 Å². The largest absolute Gasteiger partial charge is 0.462 e. The summed E-state index contributed by atoms with van der Waals surface area (Å²) in [7, 11) is 0. The quantitative estimate of drug-likeness (QED) is 0.539. The number of hydrogen-bond acceptors (Lipinski definition) is 8. The first-order valence-electron chi connectivity index (χ1n) is 8.97. The van der Waals surface area contributed by atoms with Crippen LogP contribution in [0, 0.1) is 6.92 Å². The van der Waals surface area contributed by atoms with Crippen LogP contribution in [0.1, 0.15) is 23.1 Å². The Balaban J connectivity index is 1.70. The highest BCUT2D eigenvalue weighted by molar-refractivity contribution is 5.86. The summed E-state index contributed by atoms with van der Waals surface area (Å²) in [5, 5.41) is 40.0. The predicted octanol–water partition coefficient (Wildman–Crippen LogP) is -0.231. The lowest BCUT2D eigenvalue weighted by atomic mass is 9.99. The molecule has 0 radical (unpaired) electrons. The molecule has 2 aromatic rings.